The maximum Gasteiger partial charge on any atom is 0.352 e. The fourth-order valence-corrected chi connectivity index (χ4v) is 5.91. The van der Waals surface area contributed by atoms with Crippen molar-refractivity contribution in [1.82, 2.24) is 30.4 Å². The van der Waals surface area contributed by atoms with Crippen LogP contribution >= 0.6 is 23.5 Å². The lowest BCUT2D eigenvalue weighted by Crippen LogP contribution is -2.68. The van der Waals surface area contributed by atoms with Gasteiger partial charge < -0.3 is 15.7 Å². The van der Waals surface area contributed by atoms with Gasteiger partial charge in [-0.3, -0.25) is 14.5 Å². The molecule has 1 aromatic rings. The molecule has 0 radical (unpaired) electrons. The zero-order valence-electron chi connectivity index (χ0n) is 16.1. The van der Waals surface area contributed by atoms with E-state index in [0.717, 1.165) is 0 Å². The highest BCUT2D eigenvalue weighted by molar-refractivity contribution is 8.01. The van der Waals surface area contributed by atoms with Gasteiger partial charge in [0.05, 0.1) is 0 Å². The minimum absolute atomic E-state index is 0.00263. The summed E-state index contributed by atoms with van der Waals surface area (Å²) in [6, 6.07) is -0.690. The highest BCUT2D eigenvalue weighted by Gasteiger charge is 2.52. The van der Waals surface area contributed by atoms with E-state index in [-0.39, 0.29) is 28.6 Å². The summed E-state index contributed by atoms with van der Waals surface area (Å²) in [5.74, 6) is -1.18. The number of aliphatic carboxylic acids is 1. The Morgan fingerprint density at radius 2 is 2.17 bits per heavy atom. The predicted octanol–water partition coefficient (Wildman–Crippen LogP) is -0.110. The number of carboxylic acid groups (broad SMARTS) is 1. The molecule has 1 fully saturated rings. The van der Waals surface area contributed by atoms with Crippen LogP contribution in [0, 0.1) is 0 Å². The van der Waals surface area contributed by atoms with Crippen LogP contribution in [0.3, 0.4) is 0 Å². The summed E-state index contributed by atoms with van der Waals surface area (Å²) in [5.41, 5.74) is 6.35. The van der Waals surface area contributed by atoms with Crippen molar-refractivity contribution >= 4 is 41.3 Å². The van der Waals surface area contributed by atoms with Gasteiger partial charge in [0.1, 0.15) is 17.1 Å². The largest absolute Gasteiger partial charge is 0.477 e. The van der Waals surface area contributed by atoms with Gasteiger partial charge in [-0.2, -0.15) is 0 Å². The van der Waals surface area contributed by atoms with Crippen LogP contribution in [-0.2, 0) is 14.4 Å². The highest BCUT2D eigenvalue weighted by Crippen LogP contribution is 2.43. The van der Waals surface area contributed by atoms with E-state index in [1.807, 2.05) is 13.8 Å². The van der Waals surface area contributed by atoms with Crippen LogP contribution in [-0.4, -0.2) is 88.8 Å². The van der Waals surface area contributed by atoms with Gasteiger partial charge >= 0.3 is 5.97 Å². The molecule has 2 unspecified atom stereocenters. The second kappa shape index (κ2) is 9.13. The number of aromatic nitrogens is 4. The van der Waals surface area contributed by atoms with Crippen molar-refractivity contribution in [3.63, 3.8) is 0 Å². The first-order valence-electron chi connectivity index (χ1n) is 9.23. The lowest BCUT2D eigenvalue weighted by molar-refractivity contribution is -0.148. The average molecular weight is 442 g/mol. The standard InChI is InChI=1S/C16H23N7O4S2/c1-3-22(4-2)10(24)6-5-9(29-16-18-20-21-19-16)8-7-28-14-11(17)13(25)23(14)12(8)15(26)27/h9,11,14H,3-7,17H2,1-2H3,(H,26,27)(H,18,19,20,21)/t9?,11?,14-/m0/s1. The summed E-state index contributed by atoms with van der Waals surface area (Å²) in [6.07, 6.45) is 0.644. The van der Waals surface area contributed by atoms with E-state index in [4.69, 9.17) is 5.73 Å². The van der Waals surface area contributed by atoms with E-state index in [1.165, 1.54) is 28.4 Å². The minimum atomic E-state index is -1.18. The molecule has 13 heteroatoms. The number of nitrogens with one attached hydrogen (secondary N) is 1. The number of tetrazole rings is 1. The molecular formula is C16H23N7O4S2. The quantitative estimate of drug-likeness (QED) is 0.349. The Morgan fingerprint density at radius 3 is 2.76 bits per heavy atom. The first kappa shape index (κ1) is 21.6. The number of hydrogen-bond donors (Lipinski definition) is 3. The summed E-state index contributed by atoms with van der Waals surface area (Å²) >= 11 is 2.69. The first-order valence-corrected chi connectivity index (χ1v) is 11.2. The third-order valence-electron chi connectivity index (χ3n) is 4.95. The van der Waals surface area contributed by atoms with Crippen LogP contribution in [0.1, 0.15) is 26.7 Å². The maximum absolute atomic E-state index is 12.5. The third-order valence-corrected chi connectivity index (χ3v) is 7.47. The molecule has 0 bridgehead atoms. The number of carboxylic acids is 1. The van der Waals surface area contributed by atoms with Gasteiger partial charge in [0.15, 0.2) is 0 Å². The van der Waals surface area contributed by atoms with Gasteiger partial charge in [0, 0.05) is 30.5 Å². The molecule has 3 heterocycles. The second-order valence-electron chi connectivity index (χ2n) is 6.53. The number of H-pyrrole nitrogens is 1. The Morgan fingerprint density at radius 1 is 1.45 bits per heavy atom. The molecule has 158 valence electrons. The smallest absolute Gasteiger partial charge is 0.352 e. The molecule has 4 N–H and O–H groups in total. The molecule has 1 saturated heterocycles. The number of thioether (sulfide) groups is 2. The molecule has 11 nitrogen and oxygen atoms in total. The van der Waals surface area contributed by atoms with Gasteiger partial charge in [-0.15, -0.1) is 16.9 Å². The molecule has 29 heavy (non-hydrogen) atoms. The fourth-order valence-electron chi connectivity index (χ4n) is 3.41. The number of nitrogens with zero attached hydrogens (tertiary/aromatic N) is 5. The number of rotatable bonds is 9. The van der Waals surface area contributed by atoms with Crippen molar-refractivity contribution in [1.29, 1.82) is 0 Å². The van der Waals surface area contributed by atoms with Crippen molar-refractivity contribution < 1.29 is 19.5 Å². The van der Waals surface area contributed by atoms with Crippen LogP contribution in [0.15, 0.2) is 16.4 Å². The molecule has 0 aromatic carbocycles. The zero-order valence-corrected chi connectivity index (χ0v) is 17.7. The van der Waals surface area contributed by atoms with E-state index in [2.05, 4.69) is 20.6 Å². The van der Waals surface area contributed by atoms with Gasteiger partial charge in [-0.25, -0.2) is 9.89 Å². The Bertz CT molecular complexity index is 812. The molecule has 3 atom stereocenters. The summed E-state index contributed by atoms with van der Waals surface area (Å²) in [5, 5.41) is 23.1. The van der Waals surface area contributed by atoms with Crippen molar-refractivity contribution in [2.45, 2.75) is 48.5 Å². The summed E-state index contributed by atoms with van der Waals surface area (Å²) in [6.45, 7) is 5.05. The molecule has 2 aliphatic rings. The number of nitrogens with two attached hydrogens (primary N) is 1. The molecule has 3 rings (SSSR count). The number of aromatic amines is 1. The zero-order chi connectivity index (χ0) is 21.1. The van der Waals surface area contributed by atoms with E-state index in [1.54, 1.807) is 4.90 Å². The van der Waals surface area contributed by atoms with E-state index in [9.17, 15) is 19.5 Å². The Hall–Kier alpha value is -2.12. The highest BCUT2D eigenvalue weighted by atomic mass is 32.2. The Balaban J connectivity index is 1.88. The number of carbonyl (C=O) groups is 3. The monoisotopic (exact) mass is 441 g/mol. The topological polar surface area (TPSA) is 158 Å². The SMILES string of the molecule is CCN(CC)C(=O)CCC(Sc1nnn[nH]1)C1=C(C(=O)O)N2C(=O)C(N)[C@@H]2SC1. The number of fused-ring (bicyclic) bond motifs is 1. The lowest BCUT2D eigenvalue weighted by Gasteiger charge is -2.48. The Kier molecular flexibility index (Phi) is 6.80. The van der Waals surface area contributed by atoms with Crippen LogP contribution in [0.4, 0.5) is 0 Å². The Labute approximate surface area is 175 Å². The van der Waals surface area contributed by atoms with Gasteiger partial charge in [0.2, 0.25) is 17.0 Å². The molecule has 2 amide bonds. The second-order valence-corrected chi connectivity index (χ2v) is 8.83. The molecule has 0 spiro atoms. The first-order chi connectivity index (χ1) is 13.9. The van der Waals surface area contributed by atoms with Crippen molar-refractivity contribution in [3.8, 4) is 0 Å². The molecular weight excluding hydrogens is 418 g/mol. The molecule has 2 aliphatic heterocycles. The summed E-state index contributed by atoms with van der Waals surface area (Å²) in [7, 11) is 0. The van der Waals surface area contributed by atoms with Gasteiger partial charge in [0.25, 0.3) is 0 Å². The maximum atomic E-state index is 12.5. The number of amides is 2. The molecule has 0 saturated carbocycles. The van der Waals surface area contributed by atoms with Crippen LogP contribution in [0.25, 0.3) is 0 Å². The molecule has 1 aromatic heterocycles. The number of hydrogen-bond acceptors (Lipinski definition) is 9. The summed E-state index contributed by atoms with van der Waals surface area (Å²) < 4.78 is 0. The van der Waals surface area contributed by atoms with Crippen LogP contribution in [0.2, 0.25) is 0 Å². The van der Waals surface area contributed by atoms with Gasteiger partial charge in [-0.05, 0) is 36.3 Å². The third kappa shape index (κ3) is 4.26. The normalized spacial score (nSPS) is 22.2. The van der Waals surface area contributed by atoms with Gasteiger partial charge in [-0.1, -0.05) is 11.8 Å². The fraction of sp³-hybridized carbons (Fsp3) is 0.625. The predicted molar refractivity (Wildman–Crippen MR) is 107 cm³/mol. The summed E-state index contributed by atoms with van der Waals surface area (Å²) in [4.78, 5) is 39.7. The van der Waals surface area contributed by atoms with Crippen molar-refractivity contribution in [3.05, 3.63) is 11.3 Å². The molecule has 0 aliphatic carbocycles. The van der Waals surface area contributed by atoms with Crippen molar-refractivity contribution in [2.24, 2.45) is 5.73 Å². The van der Waals surface area contributed by atoms with E-state index < -0.39 is 17.9 Å². The minimum Gasteiger partial charge on any atom is -0.477 e. The number of carbonyl (C=O) groups excluding carboxylic acids is 2. The lowest BCUT2D eigenvalue weighted by atomic mass is 10.0. The van der Waals surface area contributed by atoms with E-state index in [0.29, 0.717) is 36.0 Å². The van der Waals surface area contributed by atoms with E-state index >= 15 is 0 Å². The number of β-lactam (4-membered cyclic amide) rings is 1. The van der Waals surface area contributed by atoms with Crippen LogP contribution < -0.4 is 5.73 Å². The average Bonchev–Trinajstić information content (AvgIpc) is 3.23. The van der Waals surface area contributed by atoms with Crippen LogP contribution in [0.5, 0.6) is 0 Å². The van der Waals surface area contributed by atoms with Crippen molar-refractivity contribution in [2.75, 3.05) is 18.8 Å².